The number of anilines is 1. The van der Waals surface area contributed by atoms with E-state index >= 15 is 0 Å². The maximum Gasteiger partial charge on any atom is 0.262 e. The first kappa shape index (κ1) is 14.8. The van der Waals surface area contributed by atoms with Crippen molar-refractivity contribution in [3.05, 3.63) is 11.6 Å². The number of fused-ring (bicyclic) bond motifs is 1. The molecule has 8 heteroatoms. The molecule has 0 saturated heterocycles. The van der Waals surface area contributed by atoms with E-state index in [9.17, 15) is 8.42 Å². The molecule has 21 heavy (non-hydrogen) atoms. The van der Waals surface area contributed by atoms with Gasteiger partial charge in [-0.2, -0.15) is 4.31 Å². The highest BCUT2D eigenvalue weighted by Crippen LogP contribution is 2.32. The SMILES string of the molecule is CCCNc1nc2sccn2c1S(=O)(=O)N(C)C1CCC1. The van der Waals surface area contributed by atoms with E-state index in [0.717, 1.165) is 25.7 Å². The molecule has 0 radical (unpaired) electrons. The number of thiazole rings is 1. The molecule has 1 N–H and O–H groups in total. The van der Waals surface area contributed by atoms with Crippen LogP contribution < -0.4 is 5.32 Å². The van der Waals surface area contributed by atoms with E-state index in [1.54, 1.807) is 17.6 Å². The molecule has 2 aromatic heterocycles. The fourth-order valence-electron chi connectivity index (χ4n) is 2.45. The van der Waals surface area contributed by atoms with Crippen molar-refractivity contribution >= 4 is 32.1 Å². The molecule has 3 rings (SSSR count). The Kier molecular flexibility index (Phi) is 3.94. The zero-order valence-corrected chi connectivity index (χ0v) is 13.9. The van der Waals surface area contributed by atoms with Gasteiger partial charge in [-0.15, -0.1) is 11.3 Å². The van der Waals surface area contributed by atoms with Crippen molar-refractivity contribution in [1.29, 1.82) is 0 Å². The molecular formula is C13H20N4O2S2. The molecule has 1 aliphatic rings. The highest BCUT2D eigenvalue weighted by Gasteiger charge is 2.36. The Morgan fingerprint density at radius 1 is 1.52 bits per heavy atom. The Morgan fingerprint density at radius 2 is 2.29 bits per heavy atom. The maximum absolute atomic E-state index is 13.0. The lowest BCUT2D eigenvalue weighted by molar-refractivity contribution is 0.249. The number of nitrogens with one attached hydrogen (secondary N) is 1. The van der Waals surface area contributed by atoms with E-state index in [2.05, 4.69) is 10.3 Å². The van der Waals surface area contributed by atoms with Crippen molar-refractivity contribution in [3.8, 4) is 0 Å². The number of aromatic nitrogens is 2. The van der Waals surface area contributed by atoms with Crippen LogP contribution >= 0.6 is 11.3 Å². The topological polar surface area (TPSA) is 66.7 Å². The summed E-state index contributed by atoms with van der Waals surface area (Å²) in [7, 11) is -1.86. The van der Waals surface area contributed by atoms with E-state index in [-0.39, 0.29) is 11.1 Å². The normalized spacial score (nSPS) is 16.5. The van der Waals surface area contributed by atoms with Crippen molar-refractivity contribution in [2.45, 2.75) is 43.7 Å². The van der Waals surface area contributed by atoms with Crippen LogP contribution in [0.5, 0.6) is 0 Å². The molecule has 0 atom stereocenters. The van der Waals surface area contributed by atoms with Gasteiger partial charge in [0.2, 0.25) is 0 Å². The number of rotatable bonds is 6. The van der Waals surface area contributed by atoms with E-state index in [0.29, 0.717) is 17.3 Å². The van der Waals surface area contributed by atoms with Gasteiger partial charge in [-0.1, -0.05) is 13.3 Å². The molecule has 0 aromatic carbocycles. The molecule has 1 saturated carbocycles. The van der Waals surface area contributed by atoms with Crippen LogP contribution in [0.25, 0.3) is 4.96 Å². The first-order valence-electron chi connectivity index (χ1n) is 7.23. The fourth-order valence-corrected chi connectivity index (χ4v) is 4.86. The average Bonchev–Trinajstić information content (AvgIpc) is 2.93. The monoisotopic (exact) mass is 328 g/mol. The Hall–Kier alpha value is -1.12. The smallest absolute Gasteiger partial charge is 0.262 e. The lowest BCUT2D eigenvalue weighted by Gasteiger charge is -2.33. The quantitative estimate of drug-likeness (QED) is 0.884. The second kappa shape index (κ2) is 5.58. The third kappa shape index (κ3) is 2.45. The minimum absolute atomic E-state index is 0.123. The lowest BCUT2D eigenvalue weighted by atomic mass is 9.94. The summed E-state index contributed by atoms with van der Waals surface area (Å²) in [6, 6.07) is 0.123. The molecular weight excluding hydrogens is 308 g/mol. The number of hydrogen-bond acceptors (Lipinski definition) is 5. The number of nitrogens with zero attached hydrogens (tertiary/aromatic N) is 3. The van der Waals surface area contributed by atoms with Crippen molar-refractivity contribution in [2.75, 3.05) is 18.9 Å². The van der Waals surface area contributed by atoms with Crippen LogP contribution in [0.2, 0.25) is 0 Å². The van der Waals surface area contributed by atoms with E-state index < -0.39 is 10.0 Å². The third-order valence-corrected chi connectivity index (χ3v) is 6.66. The average molecular weight is 328 g/mol. The molecule has 0 bridgehead atoms. The molecule has 2 aromatic rings. The Morgan fingerprint density at radius 3 is 2.90 bits per heavy atom. The maximum atomic E-state index is 13.0. The third-order valence-electron chi connectivity index (χ3n) is 3.97. The van der Waals surface area contributed by atoms with Gasteiger partial charge in [0.1, 0.15) is 0 Å². The van der Waals surface area contributed by atoms with Crippen molar-refractivity contribution in [1.82, 2.24) is 13.7 Å². The van der Waals surface area contributed by atoms with E-state index in [1.165, 1.54) is 15.6 Å². The minimum Gasteiger partial charge on any atom is -0.368 e. The molecule has 0 amide bonds. The summed E-state index contributed by atoms with van der Waals surface area (Å²) in [6.45, 7) is 2.75. The minimum atomic E-state index is -3.54. The van der Waals surface area contributed by atoms with Crippen LogP contribution in [0, 0.1) is 0 Å². The standard InChI is InChI=1S/C13H20N4O2S2/c1-3-7-14-11-12(17-8-9-20-13(17)15-11)21(18,19)16(2)10-5-4-6-10/h8-10,14H,3-7H2,1-2H3. The zero-order chi connectivity index (χ0) is 15.0. The fraction of sp³-hybridized carbons (Fsp3) is 0.615. The Balaban J connectivity index is 2.05. The molecule has 1 fully saturated rings. The van der Waals surface area contributed by atoms with Gasteiger partial charge in [0.25, 0.3) is 10.0 Å². The van der Waals surface area contributed by atoms with Crippen molar-refractivity contribution in [2.24, 2.45) is 0 Å². The first-order chi connectivity index (χ1) is 10.1. The van der Waals surface area contributed by atoms with Gasteiger partial charge in [-0.25, -0.2) is 13.4 Å². The highest BCUT2D eigenvalue weighted by molar-refractivity contribution is 7.89. The predicted octanol–water partition coefficient (Wildman–Crippen LogP) is 2.39. The van der Waals surface area contributed by atoms with Crippen molar-refractivity contribution < 1.29 is 8.42 Å². The van der Waals surface area contributed by atoms with Gasteiger partial charge in [0.15, 0.2) is 15.8 Å². The largest absolute Gasteiger partial charge is 0.368 e. The number of imidazole rings is 1. The van der Waals surface area contributed by atoms with Crippen LogP contribution in [0.1, 0.15) is 32.6 Å². The van der Waals surface area contributed by atoms with E-state index in [4.69, 9.17) is 0 Å². The van der Waals surface area contributed by atoms with Crippen LogP contribution in [-0.4, -0.2) is 41.7 Å². The van der Waals surface area contributed by atoms with Gasteiger partial charge in [-0.05, 0) is 19.3 Å². The summed E-state index contributed by atoms with van der Waals surface area (Å²) in [4.78, 5) is 5.13. The molecule has 116 valence electrons. The lowest BCUT2D eigenvalue weighted by Crippen LogP contribution is -2.41. The molecule has 6 nitrogen and oxygen atoms in total. The number of hydrogen-bond donors (Lipinski definition) is 1. The summed E-state index contributed by atoms with van der Waals surface area (Å²) >= 11 is 1.44. The second-order valence-electron chi connectivity index (χ2n) is 5.35. The first-order valence-corrected chi connectivity index (χ1v) is 9.55. The summed E-state index contributed by atoms with van der Waals surface area (Å²) in [5, 5.41) is 5.26. The van der Waals surface area contributed by atoms with Crippen molar-refractivity contribution in [3.63, 3.8) is 0 Å². The number of sulfonamides is 1. The van der Waals surface area contributed by atoms with Gasteiger partial charge in [-0.3, -0.25) is 4.40 Å². The molecule has 0 unspecified atom stereocenters. The molecule has 2 heterocycles. The predicted molar refractivity (Wildman–Crippen MR) is 84.4 cm³/mol. The molecule has 0 spiro atoms. The summed E-state index contributed by atoms with van der Waals surface area (Å²) in [6.07, 6.45) is 5.68. The van der Waals surface area contributed by atoms with Gasteiger partial charge in [0, 0.05) is 31.2 Å². The summed E-state index contributed by atoms with van der Waals surface area (Å²) in [5.74, 6) is 0.467. The molecule has 1 aliphatic carbocycles. The molecule has 0 aliphatic heterocycles. The zero-order valence-electron chi connectivity index (χ0n) is 12.2. The van der Waals surface area contributed by atoms with Gasteiger partial charge < -0.3 is 5.32 Å². The van der Waals surface area contributed by atoms with E-state index in [1.807, 2.05) is 12.3 Å². The highest BCUT2D eigenvalue weighted by atomic mass is 32.2. The Bertz CT molecular complexity index is 731. The van der Waals surface area contributed by atoms with Gasteiger partial charge in [0.05, 0.1) is 0 Å². The summed E-state index contributed by atoms with van der Waals surface area (Å²) in [5.41, 5.74) is 0. The van der Waals surface area contributed by atoms with Crippen LogP contribution in [0.15, 0.2) is 16.6 Å². The van der Waals surface area contributed by atoms with Crippen LogP contribution in [0.4, 0.5) is 5.82 Å². The van der Waals surface area contributed by atoms with Crippen LogP contribution in [-0.2, 0) is 10.0 Å². The second-order valence-corrected chi connectivity index (χ2v) is 8.14. The van der Waals surface area contributed by atoms with Gasteiger partial charge >= 0.3 is 0 Å². The van der Waals surface area contributed by atoms with Crippen LogP contribution in [0.3, 0.4) is 0 Å². The Labute approximate surface area is 128 Å². The summed E-state index contributed by atoms with van der Waals surface area (Å²) < 4.78 is 29.1.